The molecule has 0 aliphatic rings. The monoisotopic (exact) mass is 257 g/mol. The molecule has 1 heterocycles. The molecule has 0 saturated carbocycles. The van der Waals surface area contributed by atoms with Crippen LogP contribution in [-0.4, -0.2) is 10.8 Å². The summed E-state index contributed by atoms with van der Waals surface area (Å²) in [6.07, 6.45) is 0. The van der Waals surface area contributed by atoms with Gasteiger partial charge in [0.1, 0.15) is 5.03 Å². The van der Waals surface area contributed by atoms with Crippen molar-refractivity contribution < 1.29 is 4.79 Å². The predicted octanol–water partition coefficient (Wildman–Crippen LogP) is 4.05. The first-order valence-corrected chi connectivity index (χ1v) is 6.60. The summed E-state index contributed by atoms with van der Waals surface area (Å²) in [5, 5.41) is 0.989. The summed E-state index contributed by atoms with van der Waals surface area (Å²) >= 11 is 1.61. The Morgan fingerprint density at radius 1 is 1.11 bits per heavy atom. The largest absolute Gasteiger partial charge is 0.295 e. The lowest BCUT2D eigenvalue weighted by atomic mass is 10.2. The highest BCUT2D eigenvalue weighted by Gasteiger charge is 2.03. The van der Waals surface area contributed by atoms with E-state index in [1.807, 2.05) is 31.2 Å². The number of hydrogen-bond acceptors (Lipinski definition) is 3. The molecule has 1 aromatic carbocycles. The highest BCUT2D eigenvalue weighted by Crippen LogP contribution is 2.27. The molecule has 18 heavy (non-hydrogen) atoms. The van der Waals surface area contributed by atoms with E-state index < -0.39 is 0 Å². The van der Waals surface area contributed by atoms with Gasteiger partial charge in [-0.1, -0.05) is 23.9 Å². The molecule has 3 heteroatoms. The van der Waals surface area contributed by atoms with E-state index in [2.05, 4.69) is 24.0 Å². The summed E-state index contributed by atoms with van der Waals surface area (Å²) in [5.74, 6) is 0.0936. The Morgan fingerprint density at radius 2 is 1.78 bits per heavy atom. The lowest BCUT2D eigenvalue weighted by molar-refractivity contribution is 0.101. The first kappa shape index (κ1) is 12.8. The molecule has 92 valence electrons. The number of carbonyl (C=O) groups excluding carboxylic acids is 1. The fourth-order valence-corrected chi connectivity index (χ4v) is 2.68. The quantitative estimate of drug-likeness (QED) is 0.777. The molecule has 2 rings (SSSR count). The highest BCUT2D eigenvalue weighted by atomic mass is 32.2. The number of hydrogen-bond donors (Lipinski definition) is 0. The smallest absolute Gasteiger partial charge is 0.159 e. The molecule has 0 radical (unpaired) electrons. The van der Waals surface area contributed by atoms with Crippen molar-refractivity contribution in [3.63, 3.8) is 0 Å². The van der Waals surface area contributed by atoms with Gasteiger partial charge >= 0.3 is 0 Å². The van der Waals surface area contributed by atoms with Gasteiger partial charge in [0.2, 0.25) is 0 Å². The van der Waals surface area contributed by atoms with Gasteiger partial charge in [0, 0.05) is 16.2 Å². The van der Waals surface area contributed by atoms with Crippen molar-refractivity contribution in [2.45, 2.75) is 30.7 Å². The summed E-state index contributed by atoms with van der Waals surface area (Å²) in [6, 6.07) is 11.8. The average molecular weight is 257 g/mol. The third-order valence-electron chi connectivity index (χ3n) is 2.56. The fraction of sp³-hybridized carbons (Fsp3) is 0.200. The van der Waals surface area contributed by atoms with E-state index >= 15 is 0 Å². The Labute approximate surface area is 111 Å². The topological polar surface area (TPSA) is 30.0 Å². The number of carbonyl (C=O) groups is 1. The number of Topliss-reactive ketones (excluding diaryl/α,β-unsaturated/α-hetero) is 1. The van der Waals surface area contributed by atoms with E-state index in [-0.39, 0.29) is 5.78 Å². The van der Waals surface area contributed by atoms with Crippen molar-refractivity contribution in [3.8, 4) is 0 Å². The van der Waals surface area contributed by atoms with Crippen LogP contribution in [0.15, 0.2) is 46.3 Å². The molecule has 0 spiro atoms. The summed E-state index contributed by atoms with van der Waals surface area (Å²) in [6.45, 7) is 5.64. The SMILES string of the molecule is CC(=O)c1ccc(Sc2cc(C)cc(C)n2)cc1. The van der Waals surface area contributed by atoms with Crippen molar-refractivity contribution in [2.24, 2.45) is 0 Å². The van der Waals surface area contributed by atoms with Crippen LogP contribution in [0.3, 0.4) is 0 Å². The Kier molecular flexibility index (Phi) is 3.82. The third-order valence-corrected chi connectivity index (χ3v) is 3.48. The molecule has 0 unspecified atom stereocenters. The van der Waals surface area contributed by atoms with Crippen molar-refractivity contribution in [3.05, 3.63) is 53.2 Å². The number of aryl methyl sites for hydroxylation is 2. The van der Waals surface area contributed by atoms with Crippen LogP contribution < -0.4 is 0 Å². The number of nitrogens with zero attached hydrogens (tertiary/aromatic N) is 1. The third kappa shape index (κ3) is 3.20. The minimum absolute atomic E-state index is 0.0936. The van der Waals surface area contributed by atoms with Gasteiger partial charge in [-0.25, -0.2) is 4.98 Å². The van der Waals surface area contributed by atoms with Gasteiger partial charge in [-0.3, -0.25) is 4.79 Å². The Morgan fingerprint density at radius 3 is 2.33 bits per heavy atom. The van der Waals surface area contributed by atoms with E-state index in [9.17, 15) is 4.79 Å². The molecule has 0 N–H and O–H groups in total. The zero-order valence-electron chi connectivity index (χ0n) is 10.7. The van der Waals surface area contributed by atoms with Gasteiger partial charge in [0.05, 0.1) is 0 Å². The molecule has 2 nitrogen and oxygen atoms in total. The maximum absolute atomic E-state index is 11.2. The van der Waals surface area contributed by atoms with E-state index in [1.54, 1.807) is 18.7 Å². The van der Waals surface area contributed by atoms with Crippen LogP contribution >= 0.6 is 11.8 Å². The highest BCUT2D eigenvalue weighted by molar-refractivity contribution is 7.99. The van der Waals surface area contributed by atoms with E-state index in [0.29, 0.717) is 0 Å². The molecule has 0 atom stereocenters. The Hall–Kier alpha value is -1.61. The second kappa shape index (κ2) is 5.36. The van der Waals surface area contributed by atoms with Crippen LogP contribution in [0.4, 0.5) is 0 Å². The van der Waals surface area contributed by atoms with Crippen LogP contribution in [0.2, 0.25) is 0 Å². The molecule has 0 aliphatic carbocycles. The Balaban J connectivity index is 2.20. The number of pyridine rings is 1. The predicted molar refractivity (Wildman–Crippen MR) is 74.3 cm³/mol. The molecule has 2 aromatic rings. The summed E-state index contributed by atoms with van der Waals surface area (Å²) in [5.41, 5.74) is 2.98. The lowest BCUT2D eigenvalue weighted by Gasteiger charge is -2.04. The van der Waals surface area contributed by atoms with Crippen molar-refractivity contribution in [1.29, 1.82) is 0 Å². The van der Waals surface area contributed by atoms with E-state index in [1.165, 1.54) is 5.56 Å². The first-order chi connectivity index (χ1) is 8.54. The summed E-state index contributed by atoms with van der Waals surface area (Å²) in [7, 11) is 0. The van der Waals surface area contributed by atoms with Gasteiger partial charge in [0.15, 0.2) is 5.78 Å². The molecule has 1 aromatic heterocycles. The fourth-order valence-electron chi connectivity index (χ4n) is 1.73. The van der Waals surface area contributed by atoms with Crippen LogP contribution in [0.25, 0.3) is 0 Å². The van der Waals surface area contributed by atoms with Crippen LogP contribution in [0, 0.1) is 13.8 Å². The zero-order valence-corrected chi connectivity index (χ0v) is 11.5. The number of rotatable bonds is 3. The molecular weight excluding hydrogens is 242 g/mol. The lowest BCUT2D eigenvalue weighted by Crippen LogP contribution is -1.91. The minimum Gasteiger partial charge on any atom is -0.295 e. The van der Waals surface area contributed by atoms with Crippen LogP contribution in [0.5, 0.6) is 0 Å². The van der Waals surface area contributed by atoms with Gasteiger partial charge in [-0.15, -0.1) is 0 Å². The van der Waals surface area contributed by atoms with Crippen LogP contribution in [-0.2, 0) is 0 Å². The molecular formula is C15H15NOS. The molecule has 0 bridgehead atoms. The number of aromatic nitrogens is 1. The van der Waals surface area contributed by atoms with Crippen molar-refractivity contribution >= 4 is 17.5 Å². The minimum atomic E-state index is 0.0936. The second-order valence-corrected chi connectivity index (χ2v) is 5.40. The molecule has 0 aliphatic heterocycles. The molecule has 0 amide bonds. The van der Waals surface area contributed by atoms with Crippen LogP contribution in [0.1, 0.15) is 28.5 Å². The number of ketones is 1. The molecule has 0 saturated heterocycles. The van der Waals surface area contributed by atoms with E-state index in [0.717, 1.165) is 21.2 Å². The Bertz CT molecular complexity index is 555. The van der Waals surface area contributed by atoms with Gasteiger partial charge < -0.3 is 0 Å². The maximum Gasteiger partial charge on any atom is 0.159 e. The van der Waals surface area contributed by atoms with Gasteiger partial charge in [-0.2, -0.15) is 0 Å². The zero-order chi connectivity index (χ0) is 13.1. The number of benzene rings is 1. The second-order valence-electron chi connectivity index (χ2n) is 4.31. The van der Waals surface area contributed by atoms with Gasteiger partial charge in [-0.05, 0) is 50.6 Å². The molecule has 0 fully saturated rings. The maximum atomic E-state index is 11.2. The first-order valence-electron chi connectivity index (χ1n) is 5.79. The van der Waals surface area contributed by atoms with Crippen molar-refractivity contribution in [1.82, 2.24) is 4.98 Å². The normalized spacial score (nSPS) is 10.4. The summed E-state index contributed by atoms with van der Waals surface area (Å²) in [4.78, 5) is 16.8. The summed E-state index contributed by atoms with van der Waals surface area (Å²) < 4.78 is 0. The average Bonchev–Trinajstić information content (AvgIpc) is 2.28. The van der Waals surface area contributed by atoms with Gasteiger partial charge in [0.25, 0.3) is 0 Å². The van der Waals surface area contributed by atoms with E-state index in [4.69, 9.17) is 0 Å². The standard InChI is InChI=1S/C15H15NOS/c1-10-8-11(2)16-15(9-10)18-14-6-4-13(5-7-14)12(3)17/h4-9H,1-3H3. The van der Waals surface area contributed by atoms with Crippen molar-refractivity contribution in [2.75, 3.05) is 0 Å².